The van der Waals surface area contributed by atoms with Crippen molar-refractivity contribution in [3.63, 3.8) is 0 Å². The number of hydrogen-bond acceptors (Lipinski definition) is 3. The first kappa shape index (κ1) is 10.5. The number of aryl methyl sites for hydroxylation is 1. The number of nitrogen functional groups attached to an aromatic ring is 1. The number of nitrogens with zero attached hydrogens (tertiary/aromatic N) is 2. The van der Waals surface area contributed by atoms with Crippen LogP contribution in [0.5, 0.6) is 0 Å². The van der Waals surface area contributed by atoms with Crippen LogP contribution in [0.1, 0.15) is 13.3 Å². The molecule has 0 aliphatic heterocycles. The van der Waals surface area contributed by atoms with Crippen molar-refractivity contribution < 1.29 is 0 Å². The monoisotopic (exact) mass is 241 g/mol. The summed E-state index contributed by atoms with van der Waals surface area (Å²) in [5.74, 6) is 0. The van der Waals surface area contributed by atoms with Gasteiger partial charge in [0.15, 0.2) is 0 Å². The van der Waals surface area contributed by atoms with E-state index in [1.165, 1.54) is 11.3 Å². The molecule has 0 amide bonds. The van der Waals surface area contributed by atoms with Gasteiger partial charge in [0.05, 0.1) is 10.0 Å². The number of nitrogens with two attached hydrogens (primary N) is 1. The molecule has 2 rings (SSSR count). The molecule has 0 aromatic carbocycles. The molecule has 0 bridgehead atoms. The summed E-state index contributed by atoms with van der Waals surface area (Å²) in [4.78, 5) is 0. The second-order valence-corrected chi connectivity index (χ2v) is 4.88. The molecule has 2 N–H and O–H groups in total. The first-order valence-corrected chi connectivity index (χ1v) is 6.03. The van der Waals surface area contributed by atoms with E-state index in [0.717, 1.165) is 28.6 Å². The minimum atomic E-state index is 0.706. The normalized spacial score (nSPS) is 10.8. The lowest BCUT2D eigenvalue weighted by Gasteiger charge is -1.95. The fraction of sp³-hybridized carbons (Fsp3) is 0.300. The Balaban J connectivity index is 2.35. The number of rotatable bonds is 3. The maximum Gasteiger partial charge on any atom is 0.116 e. The Hall–Kier alpha value is -1.00. The molecule has 5 heteroatoms. The van der Waals surface area contributed by atoms with E-state index in [1.54, 1.807) is 0 Å². The minimum absolute atomic E-state index is 0.706. The van der Waals surface area contributed by atoms with Gasteiger partial charge in [-0.1, -0.05) is 18.5 Å². The van der Waals surface area contributed by atoms with E-state index in [0.29, 0.717) is 5.69 Å². The highest BCUT2D eigenvalue weighted by Gasteiger charge is 2.09. The van der Waals surface area contributed by atoms with Crippen LogP contribution < -0.4 is 5.73 Å². The highest BCUT2D eigenvalue weighted by Crippen LogP contribution is 2.30. The summed E-state index contributed by atoms with van der Waals surface area (Å²) >= 11 is 7.36. The Kier molecular flexibility index (Phi) is 2.98. The third-order valence-corrected chi connectivity index (χ3v) is 3.17. The van der Waals surface area contributed by atoms with Gasteiger partial charge in [-0.25, -0.2) is 0 Å². The zero-order valence-corrected chi connectivity index (χ0v) is 9.98. The maximum atomic E-state index is 5.89. The van der Waals surface area contributed by atoms with Gasteiger partial charge in [0.25, 0.3) is 0 Å². The molecule has 3 nitrogen and oxygen atoms in total. The van der Waals surface area contributed by atoms with Crippen LogP contribution in [0.2, 0.25) is 4.34 Å². The fourth-order valence-corrected chi connectivity index (χ4v) is 2.30. The summed E-state index contributed by atoms with van der Waals surface area (Å²) in [6.07, 6.45) is 2.91. The Morgan fingerprint density at radius 3 is 3.00 bits per heavy atom. The van der Waals surface area contributed by atoms with Gasteiger partial charge in [-0.2, -0.15) is 5.10 Å². The van der Waals surface area contributed by atoms with Crippen molar-refractivity contribution in [2.24, 2.45) is 0 Å². The maximum absolute atomic E-state index is 5.89. The zero-order valence-electron chi connectivity index (χ0n) is 8.40. The highest BCUT2D eigenvalue weighted by molar-refractivity contribution is 7.14. The van der Waals surface area contributed by atoms with Crippen LogP contribution in [-0.4, -0.2) is 9.78 Å². The van der Waals surface area contributed by atoms with Crippen LogP contribution >= 0.6 is 22.9 Å². The lowest BCUT2D eigenvalue weighted by Crippen LogP contribution is -1.96. The molecular weight excluding hydrogens is 230 g/mol. The minimum Gasteiger partial charge on any atom is -0.396 e. The molecule has 15 heavy (non-hydrogen) atoms. The molecule has 2 aromatic heterocycles. The predicted molar refractivity (Wildman–Crippen MR) is 65.3 cm³/mol. The van der Waals surface area contributed by atoms with Crippen molar-refractivity contribution in [2.75, 3.05) is 5.73 Å². The first-order chi connectivity index (χ1) is 7.20. The van der Waals surface area contributed by atoms with E-state index in [2.05, 4.69) is 12.0 Å². The molecule has 0 aliphatic carbocycles. The largest absolute Gasteiger partial charge is 0.396 e. The summed E-state index contributed by atoms with van der Waals surface area (Å²) < 4.78 is 2.63. The van der Waals surface area contributed by atoms with E-state index in [4.69, 9.17) is 17.3 Å². The summed E-state index contributed by atoms with van der Waals surface area (Å²) in [5, 5.41) is 6.39. The van der Waals surface area contributed by atoms with E-state index in [9.17, 15) is 0 Å². The molecule has 0 saturated heterocycles. The third kappa shape index (κ3) is 2.16. The fourth-order valence-electron chi connectivity index (χ4n) is 1.44. The molecule has 0 saturated carbocycles. The summed E-state index contributed by atoms with van der Waals surface area (Å²) in [6.45, 7) is 3.00. The Morgan fingerprint density at radius 1 is 1.60 bits per heavy atom. The molecule has 2 aromatic rings. The smallest absolute Gasteiger partial charge is 0.116 e. The van der Waals surface area contributed by atoms with Crippen LogP contribution in [0.25, 0.3) is 11.3 Å². The summed E-state index contributed by atoms with van der Waals surface area (Å²) in [6, 6.07) is 1.89. The van der Waals surface area contributed by atoms with Crippen molar-refractivity contribution in [3.05, 3.63) is 22.0 Å². The number of halogens is 1. The van der Waals surface area contributed by atoms with Crippen LogP contribution in [0.15, 0.2) is 17.6 Å². The van der Waals surface area contributed by atoms with E-state index >= 15 is 0 Å². The highest BCUT2D eigenvalue weighted by atomic mass is 35.5. The van der Waals surface area contributed by atoms with Crippen LogP contribution in [0.3, 0.4) is 0 Å². The topological polar surface area (TPSA) is 43.8 Å². The number of anilines is 1. The SMILES string of the molecule is CCCn1cc(N)c(-c2csc(Cl)c2)n1. The quantitative estimate of drug-likeness (QED) is 0.897. The average Bonchev–Trinajstić information content (AvgIpc) is 2.73. The molecule has 0 aliphatic rings. The van der Waals surface area contributed by atoms with Crippen LogP contribution in [0, 0.1) is 0 Å². The molecule has 0 radical (unpaired) electrons. The van der Waals surface area contributed by atoms with Crippen molar-refractivity contribution in [1.29, 1.82) is 0 Å². The van der Waals surface area contributed by atoms with Crippen LogP contribution in [-0.2, 0) is 6.54 Å². The molecule has 80 valence electrons. The Morgan fingerprint density at radius 2 is 2.40 bits per heavy atom. The van der Waals surface area contributed by atoms with Gasteiger partial charge in [0, 0.05) is 23.7 Å². The van der Waals surface area contributed by atoms with Crippen molar-refractivity contribution in [1.82, 2.24) is 9.78 Å². The first-order valence-electron chi connectivity index (χ1n) is 4.78. The van der Waals surface area contributed by atoms with Crippen molar-refractivity contribution >= 4 is 28.6 Å². The lowest BCUT2D eigenvalue weighted by atomic mass is 10.2. The molecule has 0 atom stereocenters. The predicted octanol–water partition coefficient (Wildman–Crippen LogP) is 3.26. The van der Waals surface area contributed by atoms with Crippen LogP contribution in [0.4, 0.5) is 5.69 Å². The number of hydrogen-bond donors (Lipinski definition) is 1. The van der Waals surface area contributed by atoms with Gasteiger partial charge in [-0.05, 0) is 12.5 Å². The number of thiophene rings is 1. The van der Waals surface area contributed by atoms with Gasteiger partial charge in [0.1, 0.15) is 5.69 Å². The lowest BCUT2D eigenvalue weighted by molar-refractivity contribution is 0.605. The van der Waals surface area contributed by atoms with Gasteiger partial charge >= 0.3 is 0 Å². The molecule has 0 spiro atoms. The van der Waals surface area contributed by atoms with Gasteiger partial charge in [-0.15, -0.1) is 11.3 Å². The second-order valence-electron chi connectivity index (χ2n) is 3.34. The van der Waals surface area contributed by atoms with E-state index < -0.39 is 0 Å². The van der Waals surface area contributed by atoms with E-state index in [1.807, 2.05) is 22.3 Å². The Labute approximate surface area is 97.5 Å². The molecular formula is C10H12ClN3S. The van der Waals surface area contributed by atoms with Gasteiger partial charge in [-0.3, -0.25) is 4.68 Å². The number of aromatic nitrogens is 2. The van der Waals surface area contributed by atoms with Crippen molar-refractivity contribution in [3.8, 4) is 11.3 Å². The zero-order chi connectivity index (χ0) is 10.8. The Bertz CT molecular complexity index is 461. The van der Waals surface area contributed by atoms with Gasteiger partial charge in [0.2, 0.25) is 0 Å². The van der Waals surface area contributed by atoms with E-state index in [-0.39, 0.29) is 0 Å². The second kappa shape index (κ2) is 4.24. The molecule has 2 heterocycles. The third-order valence-electron chi connectivity index (χ3n) is 2.08. The summed E-state index contributed by atoms with van der Waals surface area (Å²) in [7, 11) is 0. The standard InChI is InChI=1S/C10H12ClN3S/c1-2-3-14-5-8(12)10(13-14)7-4-9(11)15-6-7/h4-6H,2-3,12H2,1H3. The van der Waals surface area contributed by atoms with Crippen molar-refractivity contribution in [2.45, 2.75) is 19.9 Å². The molecule has 0 fully saturated rings. The van der Waals surface area contributed by atoms with Gasteiger partial charge < -0.3 is 5.73 Å². The average molecular weight is 242 g/mol. The molecule has 0 unspecified atom stereocenters. The summed E-state index contributed by atoms with van der Waals surface area (Å²) in [5.41, 5.74) is 8.42.